The molecule has 17 heavy (non-hydrogen) atoms. The molecular weight excluding hydrogens is 264 g/mol. The lowest BCUT2D eigenvalue weighted by Crippen LogP contribution is -2.34. The van der Waals surface area contributed by atoms with Crippen LogP contribution in [0.4, 0.5) is 4.39 Å². The molecule has 0 unspecified atom stereocenters. The highest BCUT2D eigenvalue weighted by Crippen LogP contribution is 2.20. The fourth-order valence-corrected chi connectivity index (χ4v) is 1.99. The molecule has 0 N–H and O–H groups in total. The molecule has 0 aliphatic rings. The number of rotatable bonds is 5. The molecule has 0 heterocycles. The van der Waals surface area contributed by atoms with Gasteiger partial charge in [0.2, 0.25) is 0 Å². The number of carbonyl (C=O) groups excluding carboxylic acids is 1. The minimum Gasteiger partial charge on any atom is -0.337 e. The van der Waals surface area contributed by atoms with Gasteiger partial charge in [0, 0.05) is 19.0 Å². The maximum absolute atomic E-state index is 13.6. The SMILES string of the molecule is CCCN(CCCl)C(=O)c1c(F)cccc1Cl. The molecular formula is C12H14Cl2FNO. The first kappa shape index (κ1) is 14.3. The van der Waals surface area contributed by atoms with Crippen molar-refractivity contribution in [3.05, 3.63) is 34.6 Å². The van der Waals surface area contributed by atoms with Crippen LogP contribution < -0.4 is 0 Å². The topological polar surface area (TPSA) is 20.3 Å². The monoisotopic (exact) mass is 277 g/mol. The minimum absolute atomic E-state index is 0.0762. The predicted octanol–water partition coefficient (Wildman–Crippen LogP) is 3.57. The van der Waals surface area contributed by atoms with Gasteiger partial charge in [-0.3, -0.25) is 4.79 Å². The van der Waals surface area contributed by atoms with E-state index in [-0.39, 0.29) is 10.6 Å². The highest BCUT2D eigenvalue weighted by atomic mass is 35.5. The van der Waals surface area contributed by atoms with E-state index in [1.807, 2.05) is 6.92 Å². The van der Waals surface area contributed by atoms with E-state index in [2.05, 4.69) is 0 Å². The summed E-state index contributed by atoms with van der Waals surface area (Å²) in [6.07, 6.45) is 0.786. The summed E-state index contributed by atoms with van der Waals surface area (Å²) in [7, 11) is 0. The molecule has 1 aromatic rings. The van der Waals surface area contributed by atoms with Crippen LogP contribution in [0.25, 0.3) is 0 Å². The summed E-state index contributed by atoms with van der Waals surface area (Å²) in [6, 6.07) is 4.20. The van der Waals surface area contributed by atoms with Gasteiger partial charge in [-0.2, -0.15) is 0 Å². The third kappa shape index (κ3) is 3.58. The van der Waals surface area contributed by atoms with Gasteiger partial charge in [-0.05, 0) is 18.6 Å². The molecule has 0 aliphatic carbocycles. The van der Waals surface area contributed by atoms with Crippen molar-refractivity contribution in [2.75, 3.05) is 19.0 Å². The number of halogens is 3. The summed E-state index contributed by atoms with van der Waals surface area (Å²) < 4.78 is 13.6. The van der Waals surface area contributed by atoms with Crippen LogP contribution >= 0.6 is 23.2 Å². The Morgan fingerprint density at radius 2 is 2.12 bits per heavy atom. The van der Waals surface area contributed by atoms with Gasteiger partial charge < -0.3 is 4.90 Å². The van der Waals surface area contributed by atoms with E-state index in [0.717, 1.165) is 6.42 Å². The average Bonchev–Trinajstić information content (AvgIpc) is 2.28. The van der Waals surface area contributed by atoms with E-state index in [9.17, 15) is 9.18 Å². The second-order valence-electron chi connectivity index (χ2n) is 3.58. The number of amides is 1. The van der Waals surface area contributed by atoms with Gasteiger partial charge in [0.1, 0.15) is 5.82 Å². The molecule has 2 nitrogen and oxygen atoms in total. The summed E-state index contributed by atoms with van der Waals surface area (Å²) in [5, 5.41) is 0.130. The van der Waals surface area contributed by atoms with Crippen molar-refractivity contribution in [2.24, 2.45) is 0 Å². The first-order valence-corrected chi connectivity index (χ1v) is 6.32. The van der Waals surface area contributed by atoms with E-state index in [1.165, 1.54) is 23.1 Å². The molecule has 0 bridgehead atoms. The van der Waals surface area contributed by atoms with Crippen molar-refractivity contribution in [2.45, 2.75) is 13.3 Å². The normalized spacial score (nSPS) is 10.4. The first-order valence-electron chi connectivity index (χ1n) is 5.41. The molecule has 0 saturated carbocycles. The Labute approximate surface area is 110 Å². The zero-order chi connectivity index (χ0) is 12.8. The maximum Gasteiger partial charge on any atom is 0.258 e. The van der Waals surface area contributed by atoms with E-state index in [1.54, 1.807) is 0 Å². The second kappa shape index (κ2) is 6.82. The summed E-state index contributed by atoms with van der Waals surface area (Å²) >= 11 is 11.5. The van der Waals surface area contributed by atoms with E-state index in [4.69, 9.17) is 23.2 Å². The Hall–Kier alpha value is -0.800. The van der Waals surface area contributed by atoms with E-state index < -0.39 is 11.7 Å². The van der Waals surface area contributed by atoms with E-state index >= 15 is 0 Å². The predicted molar refractivity (Wildman–Crippen MR) is 68.3 cm³/mol. The molecule has 0 atom stereocenters. The van der Waals surface area contributed by atoms with Gasteiger partial charge in [-0.15, -0.1) is 11.6 Å². The van der Waals surface area contributed by atoms with Crippen LogP contribution in [-0.4, -0.2) is 29.8 Å². The molecule has 0 radical (unpaired) electrons. The van der Waals surface area contributed by atoms with Crippen LogP contribution in [0.3, 0.4) is 0 Å². The lowest BCUT2D eigenvalue weighted by atomic mass is 10.1. The highest BCUT2D eigenvalue weighted by Gasteiger charge is 2.20. The lowest BCUT2D eigenvalue weighted by Gasteiger charge is -2.21. The quantitative estimate of drug-likeness (QED) is 0.754. The number of hydrogen-bond donors (Lipinski definition) is 0. The average molecular weight is 278 g/mol. The van der Waals surface area contributed by atoms with Crippen molar-refractivity contribution >= 4 is 29.1 Å². The van der Waals surface area contributed by atoms with Crippen molar-refractivity contribution in [3.8, 4) is 0 Å². The van der Waals surface area contributed by atoms with Gasteiger partial charge >= 0.3 is 0 Å². The lowest BCUT2D eigenvalue weighted by molar-refractivity contribution is 0.0761. The van der Waals surface area contributed by atoms with Crippen LogP contribution in [0.5, 0.6) is 0 Å². The largest absolute Gasteiger partial charge is 0.337 e. The van der Waals surface area contributed by atoms with Crippen molar-refractivity contribution in [1.29, 1.82) is 0 Å². The minimum atomic E-state index is -0.599. The van der Waals surface area contributed by atoms with Crippen LogP contribution in [0.15, 0.2) is 18.2 Å². The van der Waals surface area contributed by atoms with Gasteiger partial charge in [-0.25, -0.2) is 4.39 Å². The molecule has 1 aromatic carbocycles. The smallest absolute Gasteiger partial charge is 0.258 e. The molecule has 0 fully saturated rings. The standard InChI is InChI=1S/C12H14Cl2FNO/c1-2-7-16(8-6-13)12(17)11-9(14)4-3-5-10(11)15/h3-5H,2,6-8H2,1H3. The van der Waals surface area contributed by atoms with Crippen molar-refractivity contribution in [1.82, 2.24) is 4.90 Å². The summed E-state index contributed by atoms with van der Waals surface area (Å²) in [5.74, 6) is -0.688. The summed E-state index contributed by atoms with van der Waals surface area (Å²) in [6.45, 7) is 2.87. The Balaban J connectivity index is 3.00. The van der Waals surface area contributed by atoms with Gasteiger partial charge in [0.25, 0.3) is 5.91 Å². The zero-order valence-corrected chi connectivity index (χ0v) is 11.1. The number of carbonyl (C=O) groups is 1. The van der Waals surface area contributed by atoms with Crippen LogP contribution in [0.1, 0.15) is 23.7 Å². The molecule has 0 aromatic heterocycles. The van der Waals surface area contributed by atoms with E-state index in [0.29, 0.717) is 19.0 Å². The molecule has 0 aliphatic heterocycles. The third-order valence-electron chi connectivity index (χ3n) is 2.31. The summed E-state index contributed by atoms with van der Waals surface area (Å²) in [4.78, 5) is 13.6. The molecule has 1 amide bonds. The number of nitrogens with zero attached hydrogens (tertiary/aromatic N) is 1. The summed E-state index contributed by atoms with van der Waals surface area (Å²) in [5.41, 5.74) is -0.0762. The Morgan fingerprint density at radius 3 is 2.65 bits per heavy atom. The number of hydrogen-bond acceptors (Lipinski definition) is 1. The van der Waals surface area contributed by atoms with Crippen molar-refractivity contribution < 1.29 is 9.18 Å². The fraction of sp³-hybridized carbons (Fsp3) is 0.417. The first-order chi connectivity index (χ1) is 8.11. The highest BCUT2D eigenvalue weighted by molar-refractivity contribution is 6.33. The van der Waals surface area contributed by atoms with Crippen LogP contribution in [0.2, 0.25) is 5.02 Å². The zero-order valence-electron chi connectivity index (χ0n) is 9.55. The maximum atomic E-state index is 13.6. The number of alkyl halides is 1. The Bertz CT molecular complexity index is 372. The van der Waals surface area contributed by atoms with Crippen molar-refractivity contribution in [3.63, 3.8) is 0 Å². The fourth-order valence-electron chi connectivity index (χ4n) is 1.55. The molecule has 1 rings (SSSR count). The Kier molecular flexibility index (Phi) is 5.72. The van der Waals surface area contributed by atoms with Crippen LogP contribution in [-0.2, 0) is 0 Å². The Morgan fingerprint density at radius 1 is 1.41 bits per heavy atom. The van der Waals surface area contributed by atoms with Gasteiger partial charge in [-0.1, -0.05) is 24.6 Å². The third-order valence-corrected chi connectivity index (χ3v) is 2.80. The molecule has 0 spiro atoms. The van der Waals surface area contributed by atoms with Crippen LogP contribution in [0, 0.1) is 5.82 Å². The van der Waals surface area contributed by atoms with Gasteiger partial charge in [0.05, 0.1) is 10.6 Å². The molecule has 5 heteroatoms. The molecule has 94 valence electrons. The second-order valence-corrected chi connectivity index (χ2v) is 4.36. The van der Waals surface area contributed by atoms with Gasteiger partial charge in [0.15, 0.2) is 0 Å². The number of benzene rings is 1. The molecule has 0 saturated heterocycles.